The summed E-state index contributed by atoms with van der Waals surface area (Å²) in [7, 11) is 1.62. The average molecular weight is 333 g/mol. The fourth-order valence-electron chi connectivity index (χ4n) is 2.49. The van der Waals surface area contributed by atoms with E-state index in [0.717, 1.165) is 22.6 Å². The summed E-state index contributed by atoms with van der Waals surface area (Å²) < 4.78 is 5.24. The normalized spacial score (nSPS) is 11.6. The summed E-state index contributed by atoms with van der Waals surface area (Å²) in [6, 6.07) is 19.0. The van der Waals surface area contributed by atoms with Gasteiger partial charge in [0.2, 0.25) is 5.91 Å². The summed E-state index contributed by atoms with van der Waals surface area (Å²) in [4.78, 5) is 20.9. The third kappa shape index (κ3) is 4.01. The van der Waals surface area contributed by atoms with Crippen molar-refractivity contribution in [1.82, 2.24) is 9.97 Å². The molecule has 3 aromatic rings. The lowest BCUT2D eigenvalue weighted by atomic mass is 10.0. The Bertz CT molecular complexity index is 866. The van der Waals surface area contributed by atoms with Gasteiger partial charge in [-0.2, -0.15) is 0 Å². The van der Waals surface area contributed by atoms with Gasteiger partial charge < -0.3 is 10.1 Å². The van der Waals surface area contributed by atoms with E-state index in [1.807, 2.05) is 61.5 Å². The first-order valence-electron chi connectivity index (χ1n) is 7.99. The van der Waals surface area contributed by atoms with Crippen molar-refractivity contribution in [3.8, 4) is 17.0 Å². The number of nitrogens with one attached hydrogen (secondary N) is 1. The minimum absolute atomic E-state index is 0.110. The highest BCUT2D eigenvalue weighted by molar-refractivity contribution is 5.95. The van der Waals surface area contributed by atoms with Crippen LogP contribution in [0.4, 0.5) is 5.82 Å². The summed E-state index contributed by atoms with van der Waals surface area (Å²) in [5, 5.41) is 2.86. The predicted octanol–water partition coefficient (Wildman–Crippen LogP) is 3.89. The topological polar surface area (TPSA) is 64.1 Å². The van der Waals surface area contributed by atoms with Gasteiger partial charge in [-0.3, -0.25) is 4.79 Å². The summed E-state index contributed by atoms with van der Waals surface area (Å²) >= 11 is 0. The van der Waals surface area contributed by atoms with Gasteiger partial charge in [0.25, 0.3) is 0 Å². The Balaban J connectivity index is 1.78. The van der Waals surface area contributed by atoms with Crippen LogP contribution in [0.5, 0.6) is 5.75 Å². The highest BCUT2D eigenvalue weighted by atomic mass is 16.5. The van der Waals surface area contributed by atoms with Crippen molar-refractivity contribution in [2.75, 3.05) is 12.4 Å². The molecule has 0 fully saturated rings. The van der Waals surface area contributed by atoms with Gasteiger partial charge in [0.15, 0.2) is 0 Å². The Kier molecular flexibility index (Phi) is 5.04. The molecule has 0 aliphatic rings. The Hall–Kier alpha value is -3.21. The maximum Gasteiger partial charge on any atom is 0.232 e. The number of amides is 1. The molecule has 0 bridgehead atoms. The van der Waals surface area contributed by atoms with Crippen molar-refractivity contribution >= 4 is 11.7 Å². The fraction of sp³-hybridized carbons (Fsp3) is 0.150. The van der Waals surface area contributed by atoms with E-state index in [1.54, 1.807) is 13.2 Å². The van der Waals surface area contributed by atoms with E-state index in [0.29, 0.717) is 5.82 Å². The van der Waals surface area contributed by atoms with Crippen LogP contribution in [0, 0.1) is 0 Å². The number of rotatable bonds is 5. The van der Waals surface area contributed by atoms with Crippen molar-refractivity contribution in [3.63, 3.8) is 0 Å². The number of hydrogen-bond donors (Lipinski definition) is 1. The van der Waals surface area contributed by atoms with Gasteiger partial charge >= 0.3 is 0 Å². The van der Waals surface area contributed by atoms with Crippen LogP contribution in [0.1, 0.15) is 18.4 Å². The molecule has 0 spiro atoms. The molecule has 2 aromatic carbocycles. The van der Waals surface area contributed by atoms with Gasteiger partial charge in [0, 0.05) is 11.6 Å². The zero-order valence-corrected chi connectivity index (χ0v) is 14.1. The first-order valence-corrected chi connectivity index (χ1v) is 7.99. The molecule has 1 atom stereocenters. The first kappa shape index (κ1) is 16.6. The SMILES string of the molecule is COc1cccc(-c2cc(NC(=O)[C@H](C)c3ccccc3)ncn2)c1. The molecule has 0 aliphatic carbocycles. The fourth-order valence-corrected chi connectivity index (χ4v) is 2.49. The number of carbonyl (C=O) groups is 1. The van der Waals surface area contributed by atoms with Crippen LogP contribution in [0.2, 0.25) is 0 Å². The number of carbonyl (C=O) groups excluding carboxylic acids is 1. The number of benzene rings is 2. The van der Waals surface area contributed by atoms with E-state index in [1.165, 1.54) is 6.33 Å². The summed E-state index contributed by atoms with van der Waals surface area (Å²) in [6.07, 6.45) is 1.44. The molecule has 1 N–H and O–H groups in total. The highest BCUT2D eigenvalue weighted by Gasteiger charge is 2.16. The van der Waals surface area contributed by atoms with E-state index in [4.69, 9.17) is 4.74 Å². The van der Waals surface area contributed by atoms with Crippen LogP contribution in [-0.2, 0) is 4.79 Å². The van der Waals surface area contributed by atoms with Gasteiger partial charge in [0.05, 0.1) is 18.7 Å². The largest absolute Gasteiger partial charge is 0.497 e. The van der Waals surface area contributed by atoms with Crippen molar-refractivity contribution in [2.45, 2.75) is 12.8 Å². The number of nitrogens with zero attached hydrogens (tertiary/aromatic N) is 2. The van der Waals surface area contributed by atoms with Crippen LogP contribution in [0.3, 0.4) is 0 Å². The second-order valence-electron chi connectivity index (χ2n) is 5.64. The molecule has 0 saturated heterocycles. The van der Waals surface area contributed by atoms with Crippen molar-refractivity contribution < 1.29 is 9.53 Å². The molecule has 1 amide bonds. The molecule has 5 heteroatoms. The third-order valence-corrected chi connectivity index (χ3v) is 3.98. The summed E-state index contributed by atoms with van der Waals surface area (Å²) in [5.74, 6) is 0.845. The van der Waals surface area contributed by atoms with Crippen LogP contribution >= 0.6 is 0 Å². The van der Waals surface area contributed by atoms with E-state index in [-0.39, 0.29) is 11.8 Å². The van der Waals surface area contributed by atoms with E-state index >= 15 is 0 Å². The lowest BCUT2D eigenvalue weighted by molar-refractivity contribution is -0.117. The minimum Gasteiger partial charge on any atom is -0.497 e. The van der Waals surface area contributed by atoms with Crippen molar-refractivity contribution in [3.05, 3.63) is 72.6 Å². The van der Waals surface area contributed by atoms with E-state index in [9.17, 15) is 4.79 Å². The lowest BCUT2D eigenvalue weighted by Crippen LogP contribution is -2.19. The quantitative estimate of drug-likeness (QED) is 0.769. The zero-order valence-electron chi connectivity index (χ0n) is 14.1. The second-order valence-corrected chi connectivity index (χ2v) is 5.64. The number of methoxy groups -OCH3 is 1. The van der Waals surface area contributed by atoms with Crippen LogP contribution in [-0.4, -0.2) is 23.0 Å². The molecular formula is C20H19N3O2. The Labute approximate surface area is 146 Å². The second kappa shape index (κ2) is 7.57. The molecule has 3 rings (SSSR count). The van der Waals surface area contributed by atoms with Crippen LogP contribution in [0.15, 0.2) is 67.0 Å². The number of ether oxygens (including phenoxy) is 1. The number of anilines is 1. The van der Waals surface area contributed by atoms with Crippen LogP contribution in [0.25, 0.3) is 11.3 Å². The molecule has 5 nitrogen and oxygen atoms in total. The Morgan fingerprint density at radius 1 is 1.04 bits per heavy atom. The Morgan fingerprint density at radius 2 is 1.84 bits per heavy atom. The predicted molar refractivity (Wildman–Crippen MR) is 97.5 cm³/mol. The molecule has 126 valence electrons. The van der Waals surface area contributed by atoms with E-state index in [2.05, 4.69) is 15.3 Å². The summed E-state index contributed by atoms with van der Waals surface area (Å²) in [6.45, 7) is 1.87. The maximum atomic E-state index is 12.5. The lowest BCUT2D eigenvalue weighted by Gasteiger charge is -2.12. The third-order valence-electron chi connectivity index (χ3n) is 3.98. The van der Waals surface area contributed by atoms with E-state index < -0.39 is 0 Å². The van der Waals surface area contributed by atoms with Gasteiger partial charge in [-0.15, -0.1) is 0 Å². The monoisotopic (exact) mass is 333 g/mol. The summed E-state index contributed by atoms with van der Waals surface area (Å²) in [5.41, 5.74) is 2.58. The molecule has 1 heterocycles. The average Bonchev–Trinajstić information content (AvgIpc) is 2.68. The first-order chi connectivity index (χ1) is 12.2. The van der Waals surface area contributed by atoms with Gasteiger partial charge in [0.1, 0.15) is 17.9 Å². The maximum absolute atomic E-state index is 12.5. The molecule has 0 radical (unpaired) electrons. The smallest absolute Gasteiger partial charge is 0.232 e. The van der Waals surface area contributed by atoms with Gasteiger partial charge in [-0.25, -0.2) is 9.97 Å². The molecule has 0 unspecified atom stereocenters. The molecule has 1 aromatic heterocycles. The Morgan fingerprint density at radius 3 is 2.60 bits per heavy atom. The highest BCUT2D eigenvalue weighted by Crippen LogP contribution is 2.24. The molecule has 0 saturated carbocycles. The van der Waals surface area contributed by atoms with Gasteiger partial charge in [-0.1, -0.05) is 42.5 Å². The van der Waals surface area contributed by atoms with Crippen LogP contribution < -0.4 is 10.1 Å². The molecule has 0 aliphatic heterocycles. The van der Waals surface area contributed by atoms with Crippen molar-refractivity contribution in [2.24, 2.45) is 0 Å². The standard InChI is InChI=1S/C20H19N3O2/c1-14(15-7-4-3-5-8-15)20(24)23-19-12-18(21-13-22-19)16-9-6-10-17(11-16)25-2/h3-14H,1-2H3,(H,21,22,23,24)/t14-/m1/s1. The molecular weight excluding hydrogens is 314 g/mol. The minimum atomic E-state index is -0.267. The number of aromatic nitrogens is 2. The number of hydrogen-bond acceptors (Lipinski definition) is 4. The molecule has 25 heavy (non-hydrogen) atoms. The van der Waals surface area contributed by atoms with Gasteiger partial charge in [-0.05, 0) is 24.6 Å². The van der Waals surface area contributed by atoms with Crippen molar-refractivity contribution in [1.29, 1.82) is 0 Å². The zero-order chi connectivity index (χ0) is 17.6.